The van der Waals surface area contributed by atoms with Gasteiger partial charge in [-0.15, -0.1) is 0 Å². The van der Waals surface area contributed by atoms with Gasteiger partial charge in [-0.1, -0.05) is 0 Å². The second-order valence-corrected chi connectivity index (χ2v) is 5.28. The van der Waals surface area contributed by atoms with Gasteiger partial charge in [-0.2, -0.15) is 0 Å². The summed E-state index contributed by atoms with van der Waals surface area (Å²) in [5.74, 6) is 0. The molecule has 0 aliphatic rings. The highest BCUT2D eigenvalue weighted by atomic mass is 31.2. The molecule has 2 unspecified atom stereocenters. The third-order valence-corrected chi connectivity index (χ3v) is 2.61. The first-order valence-corrected chi connectivity index (χ1v) is 6.44. The third-order valence-electron chi connectivity index (χ3n) is 1.27. The maximum absolute atomic E-state index is 11.3. The molecule has 0 saturated carbocycles. The molecule has 0 aliphatic carbocycles. The first kappa shape index (κ1) is 14.4. The highest BCUT2D eigenvalue weighted by molar-refractivity contribution is 7.52. The number of carbonyl (C=O) groups is 1. The minimum absolute atomic E-state index is 0.277. The number of carbonyl (C=O) groups excluding carboxylic acids is 1. The van der Waals surface area contributed by atoms with Gasteiger partial charge in [0.15, 0.2) is 0 Å². The Bertz CT molecular complexity index is 252. The Morgan fingerprint density at radius 1 is 1.20 bits per heavy atom. The maximum Gasteiger partial charge on any atom is 0.510 e. The van der Waals surface area contributed by atoms with Gasteiger partial charge in [0.05, 0.1) is 6.10 Å². The molecule has 0 radical (unpaired) electrons. The molecule has 0 aromatic heterocycles. The Balaban J connectivity index is 3.99. The van der Waals surface area contributed by atoms with Crippen LogP contribution in [0.1, 0.15) is 20.8 Å². The standard InChI is InChI=1S/C8H17O6P/c1-6(2)12-8(9)13-7(3)14-15(5,10)11-4/h6-7H,1-5H3. The van der Waals surface area contributed by atoms with Gasteiger partial charge in [-0.25, -0.2) is 4.79 Å². The van der Waals surface area contributed by atoms with Gasteiger partial charge in [0, 0.05) is 13.8 Å². The highest BCUT2D eigenvalue weighted by Gasteiger charge is 2.22. The quantitative estimate of drug-likeness (QED) is 0.417. The fourth-order valence-corrected chi connectivity index (χ4v) is 1.36. The fourth-order valence-electron chi connectivity index (χ4n) is 0.690. The van der Waals surface area contributed by atoms with Gasteiger partial charge >= 0.3 is 13.8 Å². The van der Waals surface area contributed by atoms with E-state index in [1.165, 1.54) is 20.7 Å². The lowest BCUT2D eigenvalue weighted by molar-refractivity contribution is -0.0644. The normalized spacial score (nSPS) is 16.9. The summed E-state index contributed by atoms with van der Waals surface area (Å²) in [6, 6.07) is 0. The van der Waals surface area contributed by atoms with Crippen LogP contribution in [0.25, 0.3) is 0 Å². The van der Waals surface area contributed by atoms with Crippen molar-refractivity contribution in [2.45, 2.75) is 33.2 Å². The van der Waals surface area contributed by atoms with Gasteiger partial charge in [0.1, 0.15) is 0 Å². The predicted molar refractivity (Wildman–Crippen MR) is 53.8 cm³/mol. The molecule has 0 rings (SSSR count). The number of ether oxygens (including phenoxy) is 2. The van der Waals surface area contributed by atoms with E-state index in [2.05, 4.69) is 9.26 Å². The summed E-state index contributed by atoms with van der Waals surface area (Å²) in [6.45, 7) is 6.08. The molecular formula is C8H17O6P. The molecule has 0 N–H and O–H groups in total. The summed E-state index contributed by atoms with van der Waals surface area (Å²) >= 11 is 0. The van der Waals surface area contributed by atoms with E-state index in [9.17, 15) is 9.36 Å². The zero-order chi connectivity index (χ0) is 12.1. The Morgan fingerprint density at radius 3 is 2.13 bits per heavy atom. The van der Waals surface area contributed by atoms with Gasteiger partial charge in [-0.05, 0) is 20.8 Å². The SMILES string of the molecule is COP(C)(=O)OC(C)OC(=O)OC(C)C. The van der Waals surface area contributed by atoms with Crippen molar-refractivity contribution in [1.29, 1.82) is 0 Å². The van der Waals surface area contributed by atoms with Crippen LogP contribution in [-0.4, -0.2) is 32.3 Å². The van der Waals surface area contributed by atoms with Crippen LogP contribution in [-0.2, 0) is 23.1 Å². The van der Waals surface area contributed by atoms with Crippen molar-refractivity contribution in [2.24, 2.45) is 0 Å². The van der Waals surface area contributed by atoms with E-state index in [1.807, 2.05) is 0 Å². The molecule has 0 heterocycles. The average molecular weight is 240 g/mol. The molecular weight excluding hydrogens is 223 g/mol. The van der Waals surface area contributed by atoms with Crippen LogP contribution in [0.5, 0.6) is 0 Å². The van der Waals surface area contributed by atoms with Gasteiger partial charge in [0.25, 0.3) is 0 Å². The van der Waals surface area contributed by atoms with Crippen molar-refractivity contribution in [2.75, 3.05) is 13.8 Å². The van der Waals surface area contributed by atoms with Crippen molar-refractivity contribution in [1.82, 2.24) is 0 Å². The van der Waals surface area contributed by atoms with Crippen molar-refractivity contribution in [3.63, 3.8) is 0 Å². The molecule has 0 spiro atoms. The molecule has 0 fully saturated rings. The Hall–Kier alpha value is -0.580. The van der Waals surface area contributed by atoms with E-state index in [1.54, 1.807) is 13.8 Å². The molecule has 15 heavy (non-hydrogen) atoms. The van der Waals surface area contributed by atoms with E-state index >= 15 is 0 Å². The molecule has 0 aromatic carbocycles. The molecule has 7 heteroatoms. The topological polar surface area (TPSA) is 71.1 Å². The number of hydrogen-bond donors (Lipinski definition) is 0. The van der Waals surface area contributed by atoms with Crippen LogP contribution in [0.4, 0.5) is 4.79 Å². The van der Waals surface area contributed by atoms with Crippen LogP contribution in [0.2, 0.25) is 0 Å². The second-order valence-electron chi connectivity index (χ2n) is 3.16. The third kappa shape index (κ3) is 7.36. The summed E-state index contributed by atoms with van der Waals surface area (Å²) in [7, 11) is -1.90. The smallest absolute Gasteiger partial charge is 0.432 e. The van der Waals surface area contributed by atoms with Crippen molar-refractivity contribution >= 4 is 13.8 Å². The Labute approximate surface area is 89.4 Å². The van der Waals surface area contributed by atoms with Crippen LogP contribution in [0.15, 0.2) is 0 Å². The fraction of sp³-hybridized carbons (Fsp3) is 0.875. The molecule has 0 bridgehead atoms. The van der Waals surface area contributed by atoms with Gasteiger partial charge in [-0.3, -0.25) is 9.09 Å². The second kappa shape index (κ2) is 6.10. The molecule has 6 nitrogen and oxygen atoms in total. The number of hydrogen-bond acceptors (Lipinski definition) is 6. The van der Waals surface area contributed by atoms with Crippen molar-refractivity contribution in [3.05, 3.63) is 0 Å². The van der Waals surface area contributed by atoms with E-state index in [4.69, 9.17) is 9.26 Å². The van der Waals surface area contributed by atoms with Crippen molar-refractivity contribution in [3.8, 4) is 0 Å². The first-order chi connectivity index (χ1) is 6.76. The summed E-state index contributed by atoms with van der Waals surface area (Å²) in [6.07, 6.45) is -2.12. The van der Waals surface area contributed by atoms with E-state index < -0.39 is 20.0 Å². The monoisotopic (exact) mass is 240 g/mol. The Morgan fingerprint density at radius 2 is 1.73 bits per heavy atom. The first-order valence-electron chi connectivity index (χ1n) is 4.45. The number of rotatable bonds is 5. The minimum atomic E-state index is -3.15. The van der Waals surface area contributed by atoms with Crippen LogP contribution in [0, 0.1) is 0 Å². The molecule has 0 aromatic rings. The van der Waals surface area contributed by atoms with E-state index in [0.29, 0.717) is 0 Å². The van der Waals surface area contributed by atoms with E-state index in [-0.39, 0.29) is 6.10 Å². The molecule has 0 amide bonds. The minimum Gasteiger partial charge on any atom is -0.432 e. The maximum atomic E-state index is 11.3. The Kier molecular flexibility index (Phi) is 5.87. The van der Waals surface area contributed by atoms with Crippen LogP contribution < -0.4 is 0 Å². The summed E-state index contributed by atoms with van der Waals surface area (Å²) in [5, 5.41) is 0. The van der Waals surface area contributed by atoms with Crippen LogP contribution in [0.3, 0.4) is 0 Å². The lowest BCUT2D eigenvalue weighted by Crippen LogP contribution is -2.20. The van der Waals surface area contributed by atoms with Crippen LogP contribution >= 0.6 is 7.60 Å². The summed E-state index contributed by atoms with van der Waals surface area (Å²) in [5.41, 5.74) is 0. The highest BCUT2D eigenvalue weighted by Crippen LogP contribution is 2.44. The molecule has 90 valence electrons. The van der Waals surface area contributed by atoms with Crippen molar-refractivity contribution < 1.29 is 27.9 Å². The van der Waals surface area contributed by atoms with Gasteiger partial charge < -0.3 is 14.0 Å². The van der Waals surface area contributed by atoms with E-state index in [0.717, 1.165) is 0 Å². The average Bonchev–Trinajstić information content (AvgIpc) is 2.00. The zero-order valence-electron chi connectivity index (χ0n) is 9.55. The largest absolute Gasteiger partial charge is 0.510 e. The zero-order valence-corrected chi connectivity index (χ0v) is 10.4. The lowest BCUT2D eigenvalue weighted by atomic mass is 10.5. The summed E-state index contributed by atoms with van der Waals surface area (Å²) in [4.78, 5) is 11.0. The predicted octanol–water partition coefficient (Wildman–Crippen LogP) is 2.38. The van der Waals surface area contributed by atoms with Gasteiger partial charge in [0.2, 0.25) is 6.29 Å². The molecule has 2 atom stereocenters. The summed E-state index contributed by atoms with van der Waals surface area (Å²) < 4.78 is 30.1. The molecule has 0 aliphatic heterocycles. The lowest BCUT2D eigenvalue weighted by Gasteiger charge is -2.18. The molecule has 0 saturated heterocycles.